The molecule has 0 bridgehead atoms. The minimum Gasteiger partial charge on any atom is -0.394 e. The van der Waals surface area contributed by atoms with Crippen molar-refractivity contribution >= 4 is 5.95 Å². The first kappa shape index (κ1) is 15.6. The predicted molar refractivity (Wildman–Crippen MR) is 83.0 cm³/mol. The van der Waals surface area contributed by atoms with Crippen molar-refractivity contribution in [3.8, 4) is 0 Å². The summed E-state index contributed by atoms with van der Waals surface area (Å²) in [5.41, 5.74) is 1.66. The standard InChI is InChI=1S/C15H25N5O2/c1-3-12-13(4-2)17-18-14(16-12)19-5-6-20-7-8-22-11-15(20,9-19)10-21/h21H,3-11H2,1-2H3. The molecule has 1 aromatic heterocycles. The van der Waals surface area contributed by atoms with Crippen molar-refractivity contribution in [2.24, 2.45) is 0 Å². The van der Waals surface area contributed by atoms with Crippen molar-refractivity contribution in [2.75, 3.05) is 50.9 Å². The Kier molecular flexibility index (Phi) is 4.56. The largest absolute Gasteiger partial charge is 0.394 e. The van der Waals surface area contributed by atoms with Gasteiger partial charge in [-0.15, -0.1) is 5.10 Å². The van der Waals surface area contributed by atoms with E-state index in [-0.39, 0.29) is 12.1 Å². The fourth-order valence-corrected chi connectivity index (χ4v) is 3.36. The van der Waals surface area contributed by atoms with Crippen molar-refractivity contribution in [2.45, 2.75) is 32.2 Å². The first-order valence-corrected chi connectivity index (χ1v) is 8.13. The van der Waals surface area contributed by atoms with Gasteiger partial charge in [-0.05, 0) is 12.8 Å². The van der Waals surface area contributed by atoms with Crippen LogP contribution in [0.2, 0.25) is 0 Å². The van der Waals surface area contributed by atoms with Crippen LogP contribution in [0, 0.1) is 0 Å². The van der Waals surface area contributed by atoms with Gasteiger partial charge in [-0.25, -0.2) is 4.98 Å². The number of aromatic nitrogens is 3. The molecule has 1 N–H and O–H groups in total. The highest BCUT2D eigenvalue weighted by atomic mass is 16.5. The molecule has 1 aromatic rings. The van der Waals surface area contributed by atoms with E-state index in [9.17, 15) is 5.11 Å². The molecule has 22 heavy (non-hydrogen) atoms. The lowest BCUT2D eigenvalue weighted by molar-refractivity contribution is -0.0953. The molecule has 3 rings (SSSR count). The SMILES string of the molecule is CCc1nnc(N2CCN3CCOCC3(CO)C2)nc1CC. The van der Waals surface area contributed by atoms with Gasteiger partial charge in [0.2, 0.25) is 5.95 Å². The Labute approximate surface area is 131 Å². The quantitative estimate of drug-likeness (QED) is 0.831. The van der Waals surface area contributed by atoms with Crippen LogP contribution in [-0.2, 0) is 17.6 Å². The number of aryl methyl sites for hydroxylation is 2. The van der Waals surface area contributed by atoms with E-state index in [1.165, 1.54) is 0 Å². The van der Waals surface area contributed by atoms with Crippen molar-refractivity contribution in [1.82, 2.24) is 20.1 Å². The Hall–Kier alpha value is -1.31. The summed E-state index contributed by atoms with van der Waals surface area (Å²) in [6.45, 7) is 8.86. The molecule has 0 amide bonds. The average Bonchev–Trinajstić information content (AvgIpc) is 2.60. The van der Waals surface area contributed by atoms with Crippen LogP contribution in [0.1, 0.15) is 25.2 Å². The zero-order chi connectivity index (χ0) is 15.6. The maximum Gasteiger partial charge on any atom is 0.245 e. The molecule has 2 fully saturated rings. The van der Waals surface area contributed by atoms with E-state index >= 15 is 0 Å². The number of fused-ring (bicyclic) bond motifs is 1. The maximum absolute atomic E-state index is 9.92. The zero-order valence-corrected chi connectivity index (χ0v) is 13.5. The minimum atomic E-state index is -0.338. The number of aliphatic hydroxyl groups is 1. The van der Waals surface area contributed by atoms with Crippen LogP contribution < -0.4 is 4.90 Å². The summed E-state index contributed by atoms with van der Waals surface area (Å²) in [5.74, 6) is 0.673. The number of hydrogen-bond acceptors (Lipinski definition) is 7. The second kappa shape index (κ2) is 6.44. The Morgan fingerprint density at radius 2 is 1.95 bits per heavy atom. The molecule has 1 atom stereocenters. The molecule has 0 saturated carbocycles. The molecular weight excluding hydrogens is 282 g/mol. The van der Waals surface area contributed by atoms with Crippen molar-refractivity contribution < 1.29 is 9.84 Å². The first-order valence-electron chi connectivity index (χ1n) is 8.13. The highest BCUT2D eigenvalue weighted by Crippen LogP contribution is 2.27. The van der Waals surface area contributed by atoms with E-state index in [2.05, 4.69) is 33.8 Å². The fraction of sp³-hybridized carbons (Fsp3) is 0.800. The van der Waals surface area contributed by atoms with Crippen LogP contribution in [0.3, 0.4) is 0 Å². The lowest BCUT2D eigenvalue weighted by Crippen LogP contribution is -2.69. The Morgan fingerprint density at radius 1 is 1.14 bits per heavy atom. The lowest BCUT2D eigenvalue weighted by Gasteiger charge is -2.51. The normalized spacial score (nSPS) is 26.0. The molecule has 3 heterocycles. The van der Waals surface area contributed by atoms with Crippen molar-refractivity contribution in [3.63, 3.8) is 0 Å². The number of morpholine rings is 1. The number of aliphatic hydroxyl groups excluding tert-OH is 1. The van der Waals surface area contributed by atoms with Gasteiger partial charge in [0.1, 0.15) is 0 Å². The summed E-state index contributed by atoms with van der Waals surface area (Å²) >= 11 is 0. The molecular formula is C15H25N5O2. The highest BCUT2D eigenvalue weighted by Gasteiger charge is 2.44. The van der Waals surface area contributed by atoms with Crippen LogP contribution in [0.15, 0.2) is 0 Å². The third-order valence-electron chi connectivity index (χ3n) is 4.75. The number of ether oxygens (including phenoxy) is 1. The summed E-state index contributed by atoms with van der Waals surface area (Å²) in [5, 5.41) is 18.6. The molecule has 0 radical (unpaired) electrons. The van der Waals surface area contributed by atoms with Gasteiger partial charge < -0.3 is 14.7 Å². The average molecular weight is 307 g/mol. The van der Waals surface area contributed by atoms with Gasteiger partial charge in [-0.2, -0.15) is 5.10 Å². The molecule has 1 unspecified atom stereocenters. The predicted octanol–water partition coefficient (Wildman–Crippen LogP) is -0.120. The zero-order valence-electron chi connectivity index (χ0n) is 13.5. The summed E-state index contributed by atoms with van der Waals surface area (Å²) in [6, 6.07) is 0. The summed E-state index contributed by atoms with van der Waals surface area (Å²) in [4.78, 5) is 9.17. The van der Waals surface area contributed by atoms with Gasteiger partial charge in [-0.1, -0.05) is 13.8 Å². The summed E-state index contributed by atoms with van der Waals surface area (Å²) in [6.07, 6.45) is 1.71. The number of hydrogen-bond donors (Lipinski definition) is 1. The molecule has 7 nitrogen and oxygen atoms in total. The number of rotatable bonds is 4. The van der Waals surface area contributed by atoms with Crippen LogP contribution in [0.4, 0.5) is 5.95 Å². The molecule has 7 heteroatoms. The number of nitrogens with zero attached hydrogens (tertiary/aromatic N) is 5. The summed E-state index contributed by atoms with van der Waals surface area (Å²) < 4.78 is 5.61. The Balaban J connectivity index is 1.83. The monoisotopic (exact) mass is 307 g/mol. The second-order valence-corrected chi connectivity index (χ2v) is 6.06. The molecule has 122 valence electrons. The van der Waals surface area contributed by atoms with Crippen LogP contribution in [-0.4, -0.2) is 76.7 Å². The molecule has 0 aliphatic carbocycles. The van der Waals surface area contributed by atoms with Gasteiger partial charge in [0.05, 0.1) is 36.7 Å². The molecule has 0 spiro atoms. The number of anilines is 1. The fourth-order valence-electron chi connectivity index (χ4n) is 3.36. The van der Waals surface area contributed by atoms with Gasteiger partial charge in [0, 0.05) is 26.2 Å². The lowest BCUT2D eigenvalue weighted by atomic mass is 9.94. The third kappa shape index (κ3) is 2.68. The molecule has 0 aromatic carbocycles. The topological polar surface area (TPSA) is 74.6 Å². The van der Waals surface area contributed by atoms with E-state index in [1.807, 2.05) is 0 Å². The third-order valence-corrected chi connectivity index (χ3v) is 4.75. The van der Waals surface area contributed by atoms with Gasteiger partial charge >= 0.3 is 0 Å². The minimum absolute atomic E-state index is 0.0879. The molecule has 2 saturated heterocycles. The van der Waals surface area contributed by atoms with Crippen LogP contribution in [0.5, 0.6) is 0 Å². The van der Waals surface area contributed by atoms with Crippen molar-refractivity contribution in [3.05, 3.63) is 11.4 Å². The van der Waals surface area contributed by atoms with Gasteiger partial charge in [-0.3, -0.25) is 4.90 Å². The van der Waals surface area contributed by atoms with E-state index in [4.69, 9.17) is 9.72 Å². The molecule has 2 aliphatic heterocycles. The van der Waals surface area contributed by atoms with Gasteiger partial charge in [0.15, 0.2) is 0 Å². The van der Waals surface area contributed by atoms with Crippen LogP contribution >= 0.6 is 0 Å². The van der Waals surface area contributed by atoms with Crippen molar-refractivity contribution in [1.29, 1.82) is 0 Å². The first-order chi connectivity index (χ1) is 10.7. The van der Waals surface area contributed by atoms with Crippen LogP contribution in [0.25, 0.3) is 0 Å². The highest BCUT2D eigenvalue weighted by molar-refractivity contribution is 5.33. The Morgan fingerprint density at radius 3 is 2.68 bits per heavy atom. The maximum atomic E-state index is 9.92. The second-order valence-electron chi connectivity index (χ2n) is 6.06. The number of piperazine rings is 1. The van der Waals surface area contributed by atoms with E-state index in [0.29, 0.717) is 19.1 Å². The van der Waals surface area contributed by atoms with E-state index in [1.54, 1.807) is 0 Å². The molecule has 2 aliphatic rings. The smallest absolute Gasteiger partial charge is 0.245 e. The summed E-state index contributed by atoms with van der Waals surface area (Å²) in [7, 11) is 0. The van der Waals surface area contributed by atoms with E-state index < -0.39 is 0 Å². The van der Waals surface area contributed by atoms with Gasteiger partial charge in [0.25, 0.3) is 0 Å². The van der Waals surface area contributed by atoms with E-state index in [0.717, 1.165) is 50.5 Å². The Bertz CT molecular complexity index is 527.